The number of rotatable bonds is 3. The normalized spacial score (nSPS) is 10.6. The summed E-state index contributed by atoms with van der Waals surface area (Å²) in [6.07, 6.45) is 1.93. The second kappa shape index (κ2) is 5.32. The maximum absolute atomic E-state index is 12.1. The molecule has 0 bridgehead atoms. The molecule has 0 saturated carbocycles. The van der Waals surface area contributed by atoms with E-state index in [1.807, 2.05) is 59.3 Å². The first-order valence-corrected chi connectivity index (χ1v) is 6.57. The van der Waals surface area contributed by atoms with Crippen LogP contribution in [0.25, 0.3) is 16.5 Å². The summed E-state index contributed by atoms with van der Waals surface area (Å²) in [6.45, 7) is 0. The second-order valence-electron chi connectivity index (χ2n) is 4.62. The average molecular weight is 281 g/mol. The van der Waals surface area contributed by atoms with Gasteiger partial charge >= 0.3 is 5.97 Å². The highest BCUT2D eigenvalue weighted by atomic mass is 16.5. The zero-order chi connectivity index (χ0) is 14.8. The van der Waals surface area contributed by atoms with Crippen molar-refractivity contribution in [2.45, 2.75) is 0 Å². The van der Waals surface area contributed by atoms with Gasteiger partial charge in [0.15, 0.2) is 0 Å². The van der Waals surface area contributed by atoms with Gasteiger partial charge in [0.1, 0.15) is 11.4 Å². The van der Waals surface area contributed by atoms with Gasteiger partial charge in [0.05, 0.1) is 14.2 Å². The zero-order valence-electron chi connectivity index (χ0n) is 11.9. The molecule has 0 saturated heterocycles. The Morgan fingerprint density at radius 1 is 1.00 bits per heavy atom. The maximum atomic E-state index is 12.1. The molecule has 0 atom stereocenters. The lowest BCUT2D eigenvalue weighted by atomic mass is 10.2. The van der Waals surface area contributed by atoms with Gasteiger partial charge in [-0.1, -0.05) is 24.3 Å². The molecule has 0 aliphatic carbocycles. The molecule has 0 aliphatic rings. The van der Waals surface area contributed by atoms with Crippen LogP contribution in [0.5, 0.6) is 5.75 Å². The summed E-state index contributed by atoms with van der Waals surface area (Å²) in [6, 6.07) is 15.3. The van der Waals surface area contributed by atoms with Gasteiger partial charge in [-0.2, -0.15) is 0 Å². The number of methoxy groups -OCH3 is 2. The van der Waals surface area contributed by atoms with E-state index < -0.39 is 0 Å². The Balaban J connectivity index is 2.22. The molecule has 0 spiro atoms. The summed E-state index contributed by atoms with van der Waals surface area (Å²) >= 11 is 0. The number of benzene rings is 2. The van der Waals surface area contributed by atoms with Crippen LogP contribution in [0.1, 0.15) is 10.5 Å². The Labute approximate surface area is 122 Å². The molecule has 1 heterocycles. The number of aromatic nitrogens is 1. The summed E-state index contributed by atoms with van der Waals surface area (Å²) in [7, 11) is 3.02. The quantitative estimate of drug-likeness (QED) is 0.691. The molecule has 1 aromatic heterocycles. The number of carbonyl (C=O) groups excluding carboxylic acids is 1. The number of carbonyl (C=O) groups is 1. The summed E-state index contributed by atoms with van der Waals surface area (Å²) in [4.78, 5) is 12.1. The lowest BCUT2D eigenvalue weighted by Gasteiger charge is -2.09. The van der Waals surface area contributed by atoms with Gasteiger partial charge < -0.3 is 14.0 Å². The van der Waals surface area contributed by atoms with Crippen LogP contribution >= 0.6 is 0 Å². The molecule has 0 N–H and O–H groups in total. The zero-order valence-corrected chi connectivity index (χ0v) is 11.9. The van der Waals surface area contributed by atoms with E-state index in [2.05, 4.69) is 0 Å². The number of ether oxygens (including phenoxy) is 2. The van der Waals surface area contributed by atoms with Crippen LogP contribution in [0.2, 0.25) is 0 Å². The van der Waals surface area contributed by atoms with E-state index in [0.717, 1.165) is 22.2 Å². The predicted molar refractivity (Wildman–Crippen MR) is 81.2 cm³/mol. The molecule has 4 nitrogen and oxygen atoms in total. The van der Waals surface area contributed by atoms with E-state index in [1.54, 1.807) is 7.11 Å². The minimum atomic E-state index is -0.355. The Morgan fingerprint density at radius 3 is 2.38 bits per heavy atom. The molecular weight excluding hydrogens is 266 g/mol. The van der Waals surface area contributed by atoms with Crippen molar-refractivity contribution in [1.82, 2.24) is 4.57 Å². The Kier molecular flexibility index (Phi) is 3.36. The maximum Gasteiger partial charge on any atom is 0.355 e. The highest BCUT2D eigenvalue weighted by Crippen LogP contribution is 2.26. The molecule has 0 radical (unpaired) electrons. The SMILES string of the molecule is COC(=O)c1c2ccccc2cn1-c1ccc(OC)cc1. The summed E-state index contributed by atoms with van der Waals surface area (Å²) in [5.41, 5.74) is 1.41. The molecule has 4 heteroatoms. The third-order valence-corrected chi connectivity index (χ3v) is 3.45. The first-order chi connectivity index (χ1) is 10.2. The number of hydrogen-bond donors (Lipinski definition) is 0. The monoisotopic (exact) mass is 281 g/mol. The second-order valence-corrected chi connectivity index (χ2v) is 4.62. The molecule has 2 aromatic carbocycles. The highest BCUT2D eigenvalue weighted by Gasteiger charge is 2.18. The number of nitrogens with zero attached hydrogens (tertiary/aromatic N) is 1. The van der Waals surface area contributed by atoms with Crippen molar-refractivity contribution in [3.05, 3.63) is 60.4 Å². The van der Waals surface area contributed by atoms with Gasteiger partial charge in [-0.3, -0.25) is 0 Å². The van der Waals surface area contributed by atoms with Crippen molar-refractivity contribution in [1.29, 1.82) is 0 Å². The number of hydrogen-bond acceptors (Lipinski definition) is 3. The van der Waals surface area contributed by atoms with Gasteiger partial charge in [-0.05, 0) is 24.3 Å². The lowest BCUT2D eigenvalue weighted by Crippen LogP contribution is -2.08. The first-order valence-electron chi connectivity index (χ1n) is 6.57. The molecule has 0 unspecified atom stereocenters. The molecule has 0 fully saturated rings. The van der Waals surface area contributed by atoms with Gasteiger partial charge in [0, 0.05) is 22.7 Å². The van der Waals surface area contributed by atoms with Crippen molar-refractivity contribution in [2.75, 3.05) is 14.2 Å². The molecule has 0 amide bonds. The highest BCUT2D eigenvalue weighted by molar-refractivity contribution is 6.04. The van der Waals surface area contributed by atoms with Crippen LogP contribution < -0.4 is 4.74 Å². The van der Waals surface area contributed by atoms with E-state index in [4.69, 9.17) is 9.47 Å². The Bertz CT molecular complexity index is 787. The number of fused-ring (bicyclic) bond motifs is 1. The van der Waals surface area contributed by atoms with E-state index in [9.17, 15) is 4.79 Å². The standard InChI is InChI=1S/C17H15NO3/c1-20-14-9-7-13(8-10-14)18-11-12-5-3-4-6-15(12)16(18)17(19)21-2/h3-11H,1-2H3. The fraction of sp³-hybridized carbons (Fsp3) is 0.118. The smallest absolute Gasteiger partial charge is 0.355 e. The van der Waals surface area contributed by atoms with Gasteiger partial charge in [0.2, 0.25) is 0 Å². The van der Waals surface area contributed by atoms with Crippen LogP contribution in [0.4, 0.5) is 0 Å². The fourth-order valence-corrected chi connectivity index (χ4v) is 2.41. The summed E-state index contributed by atoms with van der Waals surface area (Å²) < 4.78 is 11.9. The molecule has 21 heavy (non-hydrogen) atoms. The molecule has 0 aliphatic heterocycles. The lowest BCUT2D eigenvalue weighted by molar-refractivity contribution is 0.0594. The van der Waals surface area contributed by atoms with E-state index in [-0.39, 0.29) is 5.97 Å². The van der Waals surface area contributed by atoms with Crippen molar-refractivity contribution in [3.63, 3.8) is 0 Å². The fourth-order valence-electron chi connectivity index (χ4n) is 2.41. The van der Waals surface area contributed by atoms with Crippen LogP contribution in [-0.2, 0) is 4.74 Å². The van der Waals surface area contributed by atoms with Crippen molar-refractivity contribution in [3.8, 4) is 11.4 Å². The minimum Gasteiger partial charge on any atom is -0.497 e. The van der Waals surface area contributed by atoms with E-state index in [0.29, 0.717) is 5.69 Å². The molecule has 3 rings (SSSR count). The molecular formula is C17H15NO3. The van der Waals surface area contributed by atoms with E-state index >= 15 is 0 Å². The van der Waals surface area contributed by atoms with Crippen LogP contribution in [0, 0.1) is 0 Å². The van der Waals surface area contributed by atoms with Gasteiger partial charge in [-0.15, -0.1) is 0 Å². The molecule has 3 aromatic rings. The van der Waals surface area contributed by atoms with E-state index in [1.165, 1.54) is 7.11 Å². The number of esters is 1. The third kappa shape index (κ3) is 2.25. The molecule has 106 valence electrons. The van der Waals surface area contributed by atoms with Gasteiger partial charge in [0.25, 0.3) is 0 Å². The summed E-state index contributed by atoms with van der Waals surface area (Å²) in [5.74, 6) is 0.419. The van der Waals surface area contributed by atoms with Crippen LogP contribution in [0.3, 0.4) is 0 Å². The summed E-state index contributed by atoms with van der Waals surface area (Å²) in [5, 5.41) is 1.87. The van der Waals surface area contributed by atoms with Crippen LogP contribution in [-0.4, -0.2) is 24.8 Å². The van der Waals surface area contributed by atoms with Gasteiger partial charge in [-0.25, -0.2) is 4.79 Å². The Hall–Kier alpha value is -2.75. The largest absolute Gasteiger partial charge is 0.497 e. The topological polar surface area (TPSA) is 40.5 Å². The van der Waals surface area contributed by atoms with Crippen molar-refractivity contribution < 1.29 is 14.3 Å². The van der Waals surface area contributed by atoms with Crippen molar-refractivity contribution in [2.24, 2.45) is 0 Å². The average Bonchev–Trinajstić information content (AvgIpc) is 2.93. The van der Waals surface area contributed by atoms with Crippen molar-refractivity contribution >= 4 is 16.7 Å². The predicted octanol–water partition coefficient (Wildman–Crippen LogP) is 3.43. The van der Waals surface area contributed by atoms with Crippen LogP contribution in [0.15, 0.2) is 54.7 Å². The minimum absolute atomic E-state index is 0.355. The first kappa shape index (κ1) is 13.2. The third-order valence-electron chi connectivity index (χ3n) is 3.45. The Morgan fingerprint density at radius 2 is 1.71 bits per heavy atom.